The summed E-state index contributed by atoms with van der Waals surface area (Å²) < 4.78 is 43.3. The van der Waals surface area contributed by atoms with Gasteiger partial charge in [0, 0.05) is 17.3 Å². The first-order valence-corrected chi connectivity index (χ1v) is 5.64. The number of alkyl halides is 3. The molecule has 1 aromatic heterocycles. The maximum atomic E-state index is 12.7. The molecular weight excluding hydrogens is 267 g/mol. The number of methoxy groups -OCH3 is 1. The molecule has 1 heterocycles. The molecule has 0 bridgehead atoms. The molecule has 2 rings (SSSR count). The standard InChI is InChI=1S/C15H10F3NO/c1-3-10-4-5-14(20-2)12(8-10)13-9-11(6-7-19-13)15(16,17)18/h1,4-9H,2H3. The quantitative estimate of drug-likeness (QED) is 0.780. The second kappa shape index (κ2) is 5.25. The molecule has 0 unspecified atom stereocenters. The average Bonchev–Trinajstić information content (AvgIpc) is 2.45. The number of rotatable bonds is 2. The van der Waals surface area contributed by atoms with Crippen LogP contribution in [0.3, 0.4) is 0 Å². The van der Waals surface area contributed by atoms with Gasteiger partial charge in [0.25, 0.3) is 0 Å². The third-order valence-electron chi connectivity index (χ3n) is 2.73. The van der Waals surface area contributed by atoms with Crippen molar-refractivity contribution in [1.82, 2.24) is 4.98 Å². The van der Waals surface area contributed by atoms with Gasteiger partial charge in [-0.3, -0.25) is 4.98 Å². The molecule has 2 aromatic rings. The van der Waals surface area contributed by atoms with E-state index in [0.717, 1.165) is 18.3 Å². The van der Waals surface area contributed by atoms with Gasteiger partial charge in [0.15, 0.2) is 0 Å². The molecule has 0 radical (unpaired) electrons. The summed E-state index contributed by atoms with van der Waals surface area (Å²) in [5.74, 6) is 2.84. The highest BCUT2D eigenvalue weighted by Gasteiger charge is 2.31. The van der Waals surface area contributed by atoms with Crippen molar-refractivity contribution in [2.24, 2.45) is 0 Å². The minimum atomic E-state index is -4.42. The summed E-state index contributed by atoms with van der Waals surface area (Å²) in [4.78, 5) is 3.96. The van der Waals surface area contributed by atoms with E-state index < -0.39 is 11.7 Å². The predicted octanol–water partition coefficient (Wildman–Crippen LogP) is 3.76. The van der Waals surface area contributed by atoms with E-state index in [1.807, 2.05) is 0 Å². The first-order valence-electron chi connectivity index (χ1n) is 5.64. The highest BCUT2D eigenvalue weighted by molar-refractivity contribution is 5.69. The first-order chi connectivity index (χ1) is 9.45. The van der Waals surface area contributed by atoms with Gasteiger partial charge < -0.3 is 4.74 Å². The van der Waals surface area contributed by atoms with E-state index in [2.05, 4.69) is 10.9 Å². The van der Waals surface area contributed by atoms with Crippen LogP contribution in [-0.4, -0.2) is 12.1 Å². The molecule has 0 saturated carbocycles. The van der Waals surface area contributed by atoms with Crippen molar-refractivity contribution in [2.75, 3.05) is 7.11 Å². The van der Waals surface area contributed by atoms with Gasteiger partial charge in [-0.05, 0) is 30.3 Å². The lowest BCUT2D eigenvalue weighted by molar-refractivity contribution is -0.137. The molecule has 0 aliphatic heterocycles. The van der Waals surface area contributed by atoms with Gasteiger partial charge in [-0.2, -0.15) is 13.2 Å². The van der Waals surface area contributed by atoms with Crippen LogP contribution in [0.5, 0.6) is 5.75 Å². The van der Waals surface area contributed by atoms with E-state index >= 15 is 0 Å². The minimum absolute atomic E-state index is 0.161. The third-order valence-corrected chi connectivity index (χ3v) is 2.73. The largest absolute Gasteiger partial charge is 0.496 e. The predicted molar refractivity (Wildman–Crippen MR) is 69.2 cm³/mol. The molecule has 0 fully saturated rings. The van der Waals surface area contributed by atoms with Crippen molar-refractivity contribution >= 4 is 0 Å². The molecule has 2 nitrogen and oxygen atoms in total. The van der Waals surface area contributed by atoms with Crippen LogP contribution < -0.4 is 4.74 Å². The normalized spacial score (nSPS) is 10.9. The topological polar surface area (TPSA) is 22.1 Å². The van der Waals surface area contributed by atoms with E-state index in [9.17, 15) is 13.2 Å². The van der Waals surface area contributed by atoms with Crippen molar-refractivity contribution in [1.29, 1.82) is 0 Å². The lowest BCUT2D eigenvalue weighted by atomic mass is 10.0. The average molecular weight is 277 g/mol. The summed E-state index contributed by atoms with van der Waals surface area (Å²) in [7, 11) is 1.43. The fourth-order valence-electron chi connectivity index (χ4n) is 1.75. The van der Waals surface area contributed by atoms with Crippen LogP contribution in [0.4, 0.5) is 13.2 Å². The molecule has 20 heavy (non-hydrogen) atoms. The number of hydrogen-bond acceptors (Lipinski definition) is 2. The number of ether oxygens (including phenoxy) is 1. The van der Waals surface area contributed by atoms with Gasteiger partial charge in [0.2, 0.25) is 0 Å². The van der Waals surface area contributed by atoms with Gasteiger partial charge in [-0.25, -0.2) is 0 Å². The lowest BCUT2D eigenvalue weighted by Crippen LogP contribution is -2.05. The van der Waals surface area contributed by atoms with Crippen molar-refractivity contribution in [2.45, 2.75) is 6.18 Å². The second-order valence-corrected chi connectivity index (χ2v) is 3.99. The summed E-state index contributed by atoms with van der Waals surface area (Å²) in [6.45, 7) is 0. The molecule has 0 saturated heterocycles. The Labute approximate surface area is 114 Å². The summed E-state index contributed by atoms with van der Waals surface area (Å²) in [6.07, 6.45) is 1.99. The molecule has 0 aliphatic rings. The molecule has 0 aliphatic carbocycles. The summed E-state index contributed by atoms with van der Waals surface area (Å²) in [5, 5.41) is 0. The molecule has 0 amide bonds. The summed E-state index contributed by atoms with van der Waals surface area (Å²) in [6, 6.07) is 6.71. The van der Waals surface area contributed by atoms with Crippen molar-refractivity contribution in [3.63, 3.8) is 0 Å². The van der Waals surface area contributed by atoms with Crippen LogP contribution in [0, 0.1) is 12.3 Å². The Hall–Kier alpha value is -2.48. The maximum Gasteiger partial charge on any atom is 0.416 e. The number of terminal acetylenes is 1. The van der Waals surface area contributed by atoms with Gasteiger partial charge >= 0.3 is 6.18 Å². The van der Waals surface area contributed by atoms with Crippen LogP contribution in [0.25, 0.3) is 11.3 Å². The minimum Gasteiger partial charge on any atom is -0.496 e. The van der Waals surface area contributed by atoms with E-state index in [1.54, 1.807) is 18.2 Å². The van der Waals surface area contributed by atoms with Crippen LogP contribution in [0.15, 0.2) is 36.5 Å². The summed E-state index contributed by atoms with van der Waals surface area (Å²) in [5.41, 5.74) is 0.360. The van der Waals surface area contributed by atoms with Crippen molar-refractivity contribution < 1.29 is 17.9 Å². The lowest BCUT2D eigenvalue weighted by Gasteiger charge is -2.11. The number of nitrogens with zero attached hydrogens (tertiary/aromatic N) is 1. The monoisotopic (exact) mass is 277 g/mol. The molecule has 0 N–H and O–H groups in total. The highest BCUT2D eigenvalue weighted by Crippen LogP contribution is 2.34. The number of halogens is 3. The molecule has 5 heteroatoms. The van der Waals surface area contributed by atoms with Gasteiger partial charge in [0.05, 0.1) is 18.4 Å². The van der Waals surface area contributed by atoms with E-state index in [1.165, 1.54) is 7.11 Å². The molecule has 0 spiro atoms. The number of aromatic nitrogens is 1. The molecule has 102 valence electrons. The van der Waals surface area contributed by atoms with Crippen molar-refractivity contribution in [3.8, 4) is 29.4 Å². The van der Waals surface area contributed by atoms with E-state index in [4.69, 9.17) is 11.2 Å². The van der Waals surface area contributed by atoms with E-state index in [-0.39, 0.29) is 5.69 Å². The Morgan fingerprint density at radius 2 is 1.95 bits per heavy atom. The second-order valence-electron chi connectivity index (χ2n) is 3.99. The van der Waals surface area contributed by atoms with Crippen LogP contribution >= 0.6 is 0 Å². The van der Waals surface area contributed by atoms with Gasteiger partial charge in [-0.15, -0.1) is 6.42 Å². The van der Waals surface area contributed by atoms with E-state index in [0.29, 0.717) is 16.9 Å². The Morgan fingerprint density at radius 1 is 1.20 bits per heavy atom. The maximum absolute atomic E-state index is 12.7. The molecular formula is C15H10F3NO. The number of hydrogen-bond donors (Lipinski definition) is 0. The third kappa shape index (κ3) is 2.75. The number of benzene rings is 1. The van der Waals surface area contributed by atoms with Gasteiger partial charge in [-0.1, -0.05) is 5.92 Å². The first kappa shape index (κ1) is 13.9. The van der Waals surface area contributed by atoms with Crippen LogP contribution in [0.1, 0.15) is 11.1 Å². The Bertz CT molecular complexity index is 672. The Morgan fingerprint density at radius 3 is 2.55 bits per heavy atom. The zero-order chi connectivity index (χ0) is 14.8. The summed E-state index contributed by atoms with van der Waals surface area (Å²) >= 11 is 0. The fraction of sp³-hybridized carbons (Fsp3) is 0.133. The van der Waals surface area contributed by atoms with Crippen molar-refractivity contribution in [3.05, 3.63) is 47.7 Å². The zero-order valence-corrected chi connectivity index (χ0v) is 10.5. The van der Waals surface area contributed by atoms with Crippen LogP contribution in [0.2, 0.25) is 0 Å². The molecule has 1 aromatic carbocycles. The van der Waals surface area contributed by atoms with Crippen LogP contribution in [-0.2, 0) is 6.18 Å². The SMILES string of the molecule is C#Cc1ccc(OC)c(-c2cc(C(F)(F)F)ccn2)c1. The molecule has 0 atom stereocenters. The fourth-order valence-corrected chi connectivity index (χ4v) is 1.75. The highest BCUT2D eigenvalue weighted by atomic mass is 19.4. The smallest absolute Gasteiger partial charge is 0.416 e. The van der Waals surface area contributed by atoms with Gasteiger partial charge in [0.1, 0.15) is 5.75 Å². The Balaban J connectivity index is 2.59. The number of pyridine rings is 1. The Kier molecular flexibility index (Phi) is 3.66. The zero-order valence-electron chi connectivity index (χ0n) is 10.5.